The van der Waals surface area contributed by atoms with E-state index in [-0.39, 0.29) is 29.9 Å². The number of pyridine rings is 1. The molecule has 0 amide bonds. The first-order valence-electron chi connectivity index (χ1n) is 12.1. The summed E-state index contributed by atoms with van der Waals surface area (Å²) in [6.45, 7) is 0. The molecular formula is C26H19F4N5O3S2. The van der Waals surface area contributed by atoms with Gasteiger partial charge in [-0.2, -0.15) is 18.3 Å². The van der Waals surface area contributed by atoms with E-state index in [2.05, 4.69) is 19.7 Å². The number of hydrogen-bond acceptors (Lipinski definition) is 8. The molecule has 40 heavy (non-hydrogen) atoms. The molecule has 0 unspecified atom stereocenters. The van der Waals surface area contributed by atoms with E-state index in [4.69, 9.17) is 0 Å². The maximum Gasteiger partial charge on any atom is 0.416 e. The molecule has 1 fully saturated rings. The Morgan fingerprint density at radius 3 is 2.60 bits per heavy atom. The Hall–Kier alpha value is -3.78. The predicted molar refractivity (Wildman–Crippen MR) is 136 cm³/mol. The molecule has 206 valence electrons. The van der Waals surface area contributed by atoms with Gasteiger partial charge < -0.3 is 0 Å². The second-order valence-electron chi connectivity index (χ2n) is 9.77. The first-order valence-corrected chi connectivity index (χ1v) is 14.4. The zero-order valence-corrected chi connectivity index (χ0v) is 22.1. The summed E-state index contributed by atoms with van der Waals surface area (Å²) < 4.78 is 86.1. The van der Waals surface area contributed by atoms with E-state index in [1.54, 1.807) is 22.9 Å². The lowest BCUT2D eigenvalue weighted by Gasteiger charge is -2.43. The van der Waals surface area contributed by atoms with E-state index >= 15 is 0 Å². The molecule has 0 saturated heterocycles. The van der Waals surface area contributed by atoms with Crippen LogP contribution in [0.5, 0.6) is 0 Å². The van der Waals surface area contributed by atoms with Gasteiger partial charge in [0.15, 0.2) is 19.8 Å². The van der Waals surface area contributed by atoms with Crippen LogP contribution in [-0.2, 0) is 22.4 Å². The van der Waals surface area contributed by atoms with Gasteiger partial charge in [-0.05, 0) is 73.7 Å². The van der Waals surface area contributed by atoms with Crippen LogP contribution in [0.3, 0.4) is 0 Å². The number of fused-ring (bicyclic) bond motifs is 2. The van der Waals surface area contributed by atoms with E-state index in [1.165, 1.54) is 18.3 Å². The Labute approximate surface area is 229 Å². The standard InChI is InChI=1S/C26H19F4N5O3S2/c27-18-2-4-19(5-3-18)35-22-10-16-1-6-20(40(37,38)23-14-32-34-39-23)12-25(16,11-15(22)13-33-35)24(36)21-9-17(7-8-31-21)26(28,29)30/h2-5,7-10,13-14,20H,1,6,11-12H2/t20-,25+/m1/s1. The average Bonchev–Trinajstić information content (AvgIpc) is 3.62. The molecule has 0 N–H and O–H groups in total. The van der Waals surface area contributed by atoms with Crippen LogP contribution in [0.25, 0.3) is 11.8 Å². The number of allylic oxidation sites excluding steroid dienone is 1. The van der Waals surface area contributed by atoms with Crippen molar-refractivity contribution in [1.29, 1.82) is 0 Å². The van der Waals surface area contributed by atoms with Crippen molar-refractivity contribution in [1.82, 2.24) is 24.4 Å². The van der Waals surface area contributed by atoms with E-state index in [0.717, 1.165) is 30.0 Å². The van der Waals surface area contributed by atoms with Gasteiger partial charge in [0.05, 0.1) is 40.0 Å². The van der Waals surface area contributed by atoms with Crippen molar-refractivity contribution in [3.05, 3.63) is 88.9 Å². The lowest BCUT2D eigenvalue weighted by atomic mass is 9.61. The molecule has 3 aromatic heterocycles. The SMILES string of the molecule is O=C(c1cc(C(F)(F)F)ccn1)[C@]12Cc3cnn(-c4ccc(F)cc4)c3C=C1CC[C@@H](S(=O)(=O)c1cnns1)C2. The van der Waals surface area contributed by atoms with Crippen molar-refractivity contribution in [2.24, 2.45) is 5.41 Å². The van der Waals surface area contributed by atoms with Crippen LogP contribution >= 0.6 is 11.5 Å². The van der Waals surface area contributed by atoms with Gasteiger partial charge in [-0.3, -0.25) is 9.78 Å². The summed E-state index contributed by atoms with van der Waals surface area (Å²) in [4.78, 5) is 18.1. The summed E-state index contributed by atoms with van der Waals surface area (Å²) >= 11 is 0.726. The molecule has 4 aromatic rings. The number of aromatic nitrogens is 5. The summed E-state index contributed by atoms with van der Waals surface area (Å²) in [5.41, 5.74) is -0.485. The van der Waals surface area contributed by atoms with Gasteiger partial charge >= 0.3 is 6.18 Å². The van der Waals surface area contributed by atoms with E-state index < -0.39 is 49.5 Å². The molecule has 1 aromatic carbocycles. The topological polar surface area (TPSA) is 108 Å². The summed E-state index contributed by atoms with van der Waals surface area (Å²) in [5, 5.41) is 7.05. The Balaban J connectivity index is 1.47. The molecule has 0 aliphatic heterocycles. The third-order valence-electron chi connectivity index (χ3n) is 7.50. The summed E-state index contributed by atoms with van der Waals surface area (Å²) in [5.74, 6) is -1.11. The summed E-state index contributed by atoms with van der Waals surface area (Å²) in [7, 11) is -3.92. The van der Waals surface area contributed by atoms with Gasteiger partial charge in [0.2, 0.25) is 0 Å². The lowest BCUT2D eigenvalue weighted by Crippen LogP contribution is -2.45. The largest absolute Gasteiger partial charge is 0.416 e. The molecule has 2 aliphatic rings. The zero-order chi connectivity index (χ0) is 28.3. The van der Waals surface area contributed by atoms with Gasteiger partial charge in [-0.25, -0.2) is 17.5 Å². The zero-order valence-electron chi connectivity index (χ0n) is 20.5. The number of rotatable bonds is 5. The third kappa shape index (κ3) is 4.35. The van der Waals surface area contributed by atoms with Gasteiger partial charge in [-0.1, -0.05) is 10.1 Å². The summed E-state index contributed by atoms with van der Waals surface area (Å²) in [6.07, 6.45) is 0.921. The van der Waals surface area contributed by atoms with Crippen molar-refractivity contribution in [3.8, 4) is 5.69 Å². The molecular weight excluding hydrogens is 570 g/mol. The smallest absolute Gasteiger partial charge is 0.291 e. The van der Waals surface area contributed by atoms with E-state index in [0.29, 0.717) is 28.6 Å². The van der Waals surface area contributed by atoms with Gasteiger partial charge in [0.1, 0.15) is 11.5 Å². The van der Waals surface area contributed by atoms with Crippen molar-refractivity contribution in [2.75, 3.05) is 0 Å². The number of carbonyl (C=O) groups excluding carboxylic acids is 1. The van der Waals surface area contributed by atoms with Gasteiger partial charge in [0, 0.05) is 17.7 Å². The highest BCUT2D eigenvalue weighted by molar-refractivity contribution is 7.93. The highest BCUT2D eigenvalue weighted by Crippen LogP contribution is 2.52. The van der Waals surface area contributed by atoms with E-state index in [9.17, 15) is 30.8 Å². The fourth-order valence-corrected chi connectivity index (χ4v) is 8.19. The minimum absolute atomic E-state index is 0.0130. The first kappa shape index (κ1) is 26.4. The summed E-state index contributed by atoms with van der Waals surface area (Å²) in [6, 6.07) is 7.16. The number of carbonyl (C=O) groups is 1. The first-order chi connectivity index (χ1) is 19.0. The monoisotopic (exact) mass is 589 g/mol. The number of Topliss-reactive ketones (excluding diaryl/α,β-unsaturated/α-hetero) is 1. The van der Waals surface area contributed by atoms with Crippen LogP contribution < -0.4 is 0 Å². The van der Waals surface area contributed by atoms with Gasteiger partial charge in [-0.15, -0.1) is 5.10 Å². The number of ketones is 1. The molecule has 14 heteroatoms. The number of hydrogen-bond donors (Lipinski definition) is 0. The molecule has 0 bridgehead atoms. The highest BCUT2D eigenvalue weighted by atomic mass is 32.2. The lowest BCUT2D eigenvalue weighted by molar-refractivity contribution is -0.137. The van der Waals surface area contributed by atoms with Crippen molar-refractivity contribution in [3.63, 3.8) is 0 Å². The maximum absolute atomic E-state index is 14.2. The number of alkyl halides is 3. The molecule has 6 rings (SSSR count). The fraction of sp³-hybridized carbons (Fsp3) is 0.269. The Morgan fingerprint density at radius 2 is 1.90 bits per heavy atom. The van der Waals surface area contributed by atoms with Crippen LogP contribution in [0.2, 0.25) is 0 Å². The molecule has 1 saturated carbocycles. The minimum Gasteiger partial charge on any atom is -0.291 e. The maximum atomic E-state index is 14.2. The number of nitrogens with zero attached hydrogens (tertiary/aromatic N) is 5. The van der Waals surface area contributed by atoms with Crippen LogP contribution in [-0.4, -0.2) is 43.8 Å². The Kier molecular flexibility index (Phi) is 6.22. The average molecular weight is 590 g/mol. The molecule has 2 aliphatic carbocycles. The van der Waals surface area contributed by atoms with Crippen molar-refractivity contribution < 1.29 is 30.8 Å². The quantitative estimate of drug-likeness (QED) is 0.235. The number of benzene rings is 1. The highest BCUT2D eigenvalue weighted by Gasteiger charge is 2.52. The fourth-order valence-electron chi connectivity index (χ4n) is 5.54. The van der Waals surface area contributed by atoms with Crippen molar-refractivity contribution in [2.45, 2.75) is 41.3 Å². The van der Waals surface area contributed by atoms with Crippen LogP contribution in [0, 0.1) is 11.2 Å². The third-order valence-corrected chi connectivity index (χ3v) is 10.8. The van der Waals surface area contributed by atoms with Gasteiger partial charge in [0.25, 0.3) is 0 Å². The van der Waals surface area contributed by atoms with Crippen molar-refractivity contribution >= 4 is 33.2 Å². The van der Waals surface area contributed by atoms with Crippen LogP contribution in [0.15, 0.2) is 64.8 Å². The molecule has 3 heterocycles. The second-order valence-corrected chi connectivity index (χ2v) is 13.0. The Morgan fingerprint density at radius 1 is 1.12 bits per heavy atom. The van der Waals surface area contributed by atoms with Crippen LogP contribution in [0.4, 0.5) is 17.6 Å². The minimum atomic E-state index is -4.69. The molecule has 0 radical (unpaired) electrons. The number of sulfone groups is 1. The Bertz CT molecular complexity index is 1750. The predicted octanol–water partition coefficient (Wildman–Crippen LogP) is 5.11. The number of halogens is 4. The molecule has 8 nitrogen and oxygen atoms in total. The van der Waals surface area contributed by atoms with E-state index in [1.807, 2.05) is 0 Å². The van der Waals surface area contributed by atoms with Crippen LogP contribution in [0.1, 0.15) is 46.6 Å². The second kappa shape index (κ2) is 9.41. The molecule has 2 atom stereocenters. The molecule has 0 spiro atoms. The normalized spacial score (nSPS) is 20.9.